The summed E-state index contributed by atoms with van der Waals surface area (Å²) in [6.07, 6.45) is 4.00. The molecule has 1 aromatic heterocycles. The number of carbonyl (C=O) groups excluding carboxylic acids is 1. The summed E-state index contributed by atoms with van der Waals surface area (Å²) in [4.78, 5) is 12.3. The molecule has 1 N–H and O–H groups in total. The molecule has 0 spiro atoms. The summed E-state index contributed by atoms with van der Waals surface area (Å²) in [5.41, 5.74) is 1.59. The topological polar surface area (TPSA) is 65.4 Å². The smallest absolute Gasteiger partial charge is 0.269 e. The van der Waals surface area contributed by atoms with E-state index in [1.165, 1.54) is 4.68 Å². The van der Waals surface area contributed by atoms with Gasteiger partial charge in [0.15, 0.2) is 11.6 Å². The third-order valence-corrected chi connectivity index (χ3v) is 4.36. The van der Waals surface area contributed by atoms with Crippen molar-refractivity contribution in [3.8, 4) is 5.75 Å². The van der Waals surface area contributed by atoms with Gasteiger partial charge < -0.3 is 14.8 Å². The number of hydrogen-bond donors (Lipinski definition) is 1. The highest BCUT2D eigenvalue weighted by molar-refractivity contribution is 5.92. The fraction of sp³-hybridized carbons (Fsp3) is 0.524. The predicted molar refractivity (Wildman–Crippen MR) is 106 cm³/mol. The number of amides is 1. The van der Waals surface area contributed by atoms with Crippen LogP contribution in [-0.2, 0) is 18.3 Å². The second-order valence-corrected chi connectivity index (χ2v) is 6.67. The summed E-state index contributed by atoms with van der Waals surface area (Å²) < 4.78 is 27.0. The van der Waals surface area contributed by atoms with Gasteiger partial charge >= 0.3 is 0 Å². The van der Waals surface area contributed by atoms with Gasteiger partial charge in [-0.1, -0.05) is 18.6 Å². The number of nitrogens with one attached hydrogen (secondary N) is 1. The van der Waals surface area contributed by atoms with Gasteiger partial charge in [-0.05, 0) is 45.2 Å². The maximum Gasteiger partial charge on any atom is 0.269 e. The number of ether oxygens (including phenoxy) is 2. The number of benzene rings is 1. The summed E-state index contributed by atoms with van der Waals surface area (Å²) in [6, 6.07) is 6.68. The van der Waals surface area contributed by atoms with Crippen molar-refractivity contribution in [1.82, 2.24) is 15.1 Å². The number of rotatable bonds is 12. The summed E-state index contributed by atoms with van der Waals surface area (Å²) >= 11 is 0. The van der Waals surface area contributed by atoms with Gasteiger partial charge in [-0.15, -0.1) is 0 Å². The van der Waals surface area contributed by atoms with E-state index in [0.29, 0.717) is 17.9 Å². The first-order valence-electron chi connectivity index (χ1n) is 9.79. The molecular formula is C21H30FN3O3. The van der Waals surface area contributed by atoms with Gasteiger partial charge in [0, 0.05) is 32.4 Å². The average Bonchev–Trinajstić information content (AvgIpc) is 3.02. The van der Waals surface area contributed by atoms with Crippen LogP contribution in [0.4, 0.5) is 4.39 Å². The van der Waals surface area contributed by atoms with E-state index in [1.54, 1.807) is 31.3 Å². The number of hydrogen-bond acceptors (Lipinski definition) is 4. The van der Waals surface area contributed by atoms with Crippen LogP contribution in [0.1, 0.15) is 54.4 Å². The van der Waals surface area contributed by atoms with E-state index in [4.69, 9.17) is 9.47 Å². The van der Waals surface area contributed by atoms with Gasteiger partial charge in [0.05, 0.1) is 12.3 Å². The quantitative estimate of drug-likeness (QED) is 0.559. The standard InChI is InChI=1S/C21H30FN3O3/c1-4-27-12-7-5-6-8-13-28-19-11-9-10-17(20(19)22)15-23-21(26)18-14-16(2)24-25(18)3/h9-11,14H,4-8,12-13,15H2,1-3H3,(H,23,26). The summed E-state index contributed by atoms with van der Waals surface area (Å²) in [5.74, 6) is -0.501. The Labute approximate surface area is 166 Å². The molecule has 0 aliphatic carbocycles. The largest absolute Gasteiger partial charge is 0.491 e. The first-order valence-corrected chi connectivity index (χ1v) is 9.79. The van der Waals surface area contributed by atoms with Gasteiger partial charge in [-0.3, -0.25) is 9.48 Å². The zero-order valence-corrected chi connectivity index (χ0v) is 17.0. The van der Waals surface area contributed by atoms with E-state index in [0.717, 1.165) is 44.6 Å². The highest BCUT2D eigenvalue weighted by Crippen LogP contribution is 2.21. The zero-order valence-electron chi connectivity index (χ0n) is 17.0. The van der Waals surface area contributed by atoms with Crippen LogP contribution in [-0.4, -0.2) is 35.5 Å². The van der Waals surface area contributed by atoms with Crippen LogP contribution in [0.15, 0.2) is 24.3 Å². The van der Waals surface area contributed by atoms with Crippen molar-refractivity contribution < 1.29 is 18.7 Å². The molecule has 6 nitrogen and oxygen atoms in total. The molecule has 0 saturated heterocycles. The van der Waals surface area contributed by atoms with E-state index < -0.39 is 5.82 Å². The minimum Gasteiger partial charge on any atom is -0.491 e. The lowest BCUT2D eigenvalue weighted by atomic mass is 10.2. The number of carbonyl (C=O) groups is 1. The highest BCUT2D eigenvalue weighted by atomic mass is 19.1. The molecule has 2 aromatic rings. The van der Waals surface area contributed by atoms with Crippen molar-refractivity contribution in [2.24, 2.45) is 7.05 Å². The van der Waals surface area contributed by atoms with Gasteiger partial charge in [0.1, 0.15) is 5.69 Å². The minimum absolute atomic E-state index is 0.0868. The molecule has 154 valence electrons. The van der Waals surface area contributed by atoms with Crippen molar-refractivity contribution >= 4 is 5.91 Å². The van der Waals surface area contributed by atoms with Crippen molar-refractivity contribution in [2.75, 3.05) is 19.8 Å². The molecule has 0 fully saturated rings. The average molecular weight is 391 g/mol. The first-order chi connectivity index (χ1) is 13.5. The molecule has 0 unspecified atom stereocenters. The van der Waals surface area contributed by atoms with Gasteiger partial charge in [0.25, 0.3) is 5.91 Å². The summed E-state index contributed by atoms with van der Waals surface area (Å²) in [6.45, 7) is 5.90. The molecule has 1 heterocycles. The molecule has 0 radical (unpaired) electrons. The van der Waals surface area contributed by atoms with Crippen LogP contribution in [0.5, 0.6) is 5.75 Å². The normalized spacial score (nSPS) is 10.9. The Hall–Kier alpha value is -2.41. The van der Waals surface area contributed by atoms with Crippen LogP contribution >= 0.6 is 0 Å². The maximum absolute atomic E-state index is 14.6. The number of nitrogens with zero attached hydrogens (tertiary/aromatic N) is 2. The maximum atomic E-state index is 14.6. The Balaban J connectivity index is 1.78. The van der Waals surface area contributed by atoms with Gasteiger partial charge in [-0.2, -0.15) is 5.10 Å². The van der Waals surface area contributed by atoms with E-state index in [2.05, 4.69) is 10.4 Å². The molecule has 0 saturated carbocycles. The summed E-state index contributed by atoms with van der Waals surface area (Å²) in [7, 11) is 1.70. The lowest BCUT2D eigenvalue weighted by Crippen LogP contribution is -2.25. The molecule has 7 heteroatoms. The second-order valence-electron chi connectivity index (χ2n) is 6.67. The lowest BCUT2D eigenvalue weighted by molar-refractivity contribution is 0.0941. The van der Waals surface area contributed by atoms with Gasteiger partial charge in [0.2, 0.25) is 0 Å². The Kier molecular flexibility index (Phi) is 8.94. The van der Waals surface area contributed by atoms with Crippen molar-refractivity contribution in [3.05, 3.63) is 47.0 Å². The van der Waals surface area contributed by atoms with Crippen LogP contribution in [0.3, 0.4) is 0 Å². The SMILES string of the molecule is CCOCCCCCCOc1cccc(CNC(=O)c2cc(C)nn2C)c1F. The molecule has 0 atom stereocenters. The van der Waals surface area contributed by atoms with Crippen LogP contribution in [0, 0.1) is 12.7 Å². The van der Waals surface area contributed by atoms with Crippen molar-refractivity contribution in [1.29, 1.82) is 0 Å². The fourth-order valence-electron chi connectivity index (χ4n) is 2.88. The van der Waals surface area contributed by atoms with E-state index in [-0.39, 0.29) is 18.2 Å². The lowest BCUT2D eigenvalue weighted by Gasteiger charge is -2.11. The Morgan fingerprint density at radius 1 is 1.21 bits per heavy atom. The second kappa shape index (κ2) is 11.4. The fourth-order valence-corrected chi connectivity index (χ4v) is 2.88. The monoisotopic (exact) mass is 391 g/mol. The molecule has 0 aliphatic heterocycles. The van der Waals surface area contributed by atoms with Crippen LogP contribution in [0.25, 0.3) is 0 Å². The van der Waals surface area contributed by atoms with E-state index >= 15 is 0 Å². The number of aromatic nitrogens is 2. The Morgan fingerprint density at radius 2 is 1.96 bits per heavy atom. The minimum atomic E-state index is -0.430. The molecule has 2 rings (SSSR count). The molecular weight excluding hydrogens is 361 g/mol. The Morgan fingerprint density at radius 3 is 2.64 bits per heavy atom. The molecule has 1 amide bonds. The van der Waals surface area contributed by atoms with E-state index in [9.17, 15) is 9.18 Å². The molecule has 28 heavy (non-hydrogen) atoms. The third-order valence-electron chi connectivity index (χ3n) is 4.36. The van der Waals surface area contributed by atoms with Crippen molar-refractivity contribution in [2.45, 2.75) is 46.1 Å². The summed E-state index contributed by atoms with van der Waals surface area (Å²) in [5, 5.41) is 6.87. The molecule has 0 bridgehead atoms. The molecule has 0 aliphatic rings. The van der Waals surface area contributed by atoms with Crippen LogP contribution in [0.2, 0.25) is 0 Å². The third kappa shape index (κ3) is 6.64. The Bertz CT molecular complexity index is 761. The first kappa shape index (κ1) is 21.9. The molecule has 1 aromatic carbocycles. The predicted octanol–water partition coefficient (Wildman–Crippen LogP) is 3.77. The highest BCUT2D eigenvalue weighted by Gasteiger charge is 2.14. The van der Waals surface area contributed by atoms with E-state index in [1.807, 2.05) is 13.8 Å². The van der Waals surface area contributed by atoms with Crippen LogP contribution < -0.4 is 10.1 Å². The van der Waals surface area contributed by atoms with Gasteiger partial charge in [-0.25, -0.2) is 4.39 Å². The number of halogens is 1. The number of unbranched alkanes of at least 4 members (excludes halogenated alkanes) is 3. The zero-order chi connectivity index (χ0) is 20.4. The number of aryl methyl sites for hydroxylation is 2. The van der Waals surface area contributed by atoms with Crippen molar-refractivity contribution in [3.63, 3.8) is 0 Å².